The fraction of sp³-hybridized carbons (Fsp3) is 0.348. The average Bonchev–Trinajstić information content (AvgIpc) is 2.56. The molecule has 0 radical (unpaired) electrons. The van der Waals surface area contributed by atoms with Crippen molar-refractivity contribution in [1.29, 1.82) is 0 Å². The topological polar surface area (TPSA) is 35.5 Å². The van der Waals surface area contributed by atoms with Crippen LogP contribution in [0.4, 0.5) is 0 Å². The molecular weight excluding hydrogens is 324 g/mol. The number of aryl methyl sites for hydroxylation is 2. The molecule has 0 aliphatic carbocycles. The Kier molecular flexibility index (Phi) is 6.62. The first kappa shape index (κ1) is 19.8. The van der Waals surface area contributed by atoms with Gasteiger partial charge in [0, 0.05) is 6.92 Å². The van der Waals surface area contributed by atoms with Crippen LogP contribution in [-0.2, 0) is 4.79 Å². The first-order valence-corrected chi connectivity index (χ1v) is 8.96. The van der Waals surface area contributed by atoms with E-state index in [1.807, 2.05) is 26.0 Å². The number of carbonyl (C=O) groups is 1. The van der Waals surface area contributed by atoms with Crippen LogP contribution in [-0.4, -0.2) is 12.6 Å². The SMILES string of the molecule is CC(=O)Oc1c(C)cc(OCC(C)=Cc2ccc(C(C)C)cc2)cc1C. The second-order valence-corrected chi connectivity index (χ2v) is 7.08. The first-order valence-electron chi connectivity index (χ1n) is 8.96. The van der Waals surface area contributed by atoms with Crippen LogP contribution in [0, 0.1) is 13.8 Å². The molecule has 0 bridgehead atoms. The summed E-state index contributed by atoms with van der Waals surface area (Å²) in [5, 5.41) is 0. The summed E-state index contributed by atoms with van der Waals surface area (Å²) in [7, 11) is 0. The van der Waals surface area contributed by atoms with Crippen LogP contribution in [0.3, 0.4) is 0 Å². The molecule has 138 valence electrons. The molecule has 0 unspecified atom stereocenters. The van der Waals surface area contributed by atoms with Crippen LogP contribution in [0.5, 0.6) is 11.5 Å². The Morgan fingerprint density at radius 1 is 1.04 bits per heavy atom. The molecule has 0 spiro atoms. The highest BCUT2D eigenvalue weighted by molar-refractivity contribution is 5.70. The van der Waals surface area contributed by atoms with Gasteiger partial charge in [-0.2, -0.15) is 0 Å². The van der Waals surface area contributed by atoms with Crippen molar-refractivity contribution in [3.8, 4) is 11.5 Å². The molecule has 3 heteroatoms. The minimum atomic E-state index is -0.313. The molecule has 0 saturated carbocycles. The van der Waals surface area contributed by atoms with Gasteiger partial charge in [-0.05, 0) is 66.6 Å². The Hall–Kier alpha value is -2.55. The summed E-state index contributed by atoms with van der Waals surface area (Å²) in [6, 6.07) is 12.4. The zero-order valence-electron chi connectivity index (χ0n) is 16.6. The number of hydrogen-bond acceptors (Lipinski definition) is 3. The van der Waals surface area contributed by atoms with Crippen LogP contribution in [0.25, 0.3) is 6.08 Å². The molecule has 0 atom stereocenters. The van der Waals surface area contributed by atoms with Gasteiger partial charge in [-0.1, -0.05) is 44.2 Å². The van der Waals surface area contributed by atoms with Crippen LogP contribution in [0.2, 0.25) is 0 Å². The number of rotatable bonds is 6. The predicted octanol–water partition coefficient (Wildman–Crippen LogP) is 5.83. The lowest BCUT2D eigenvalue weighted by Crippen LogP contribution is -2.05. The number of esters is 1. The predicted molar refractivity (Wildman–Crippen MR) is 107 cm³/mol. The van der Waals surface area contributed by atoms with Gasteiger partial charge < -0.3 is 9.47 Å². The second kappa shape index (κ2) is 8.70. The summed E-state index contributed by atoms with van der Waals surface area (Å²) in [5.41, 5.74) is 5.44. The lowest BCUT2D eigenvalue weighted by molar-refractivity contribution is -0.131. The van der Waals surface area contributed by atoms with E-state index >= 15 is 0 Å². The zero-order valence-corrected chi connectivity index (χ0v) is 16.6. The van der Waals surface area contributed by atoms with E-state index in [1.165, 1.54) is 18.1 Å². The summed E-state index contributed by atoms with van der Waals surface area (Å²) < 4.78 is 11.2. The molecule has 0 aliphatic heterocycles. The summed E-state index contributed by atoms with van der Waals surface area (Å²) >= 11 is 0. The Bertz CT molecular complexity index is 776. The molecule has 0 N–H and O–H groups in total. The average molecular weight is 352 g/mol. The van der Waals surface area contributed by atoms with Gasteiger partial charge in [0.15, 0.2) is 0 Å². The van der Waals surface area contributed by atoms with Crippen LogP contribution < -0.4 is 9.47 Å². The molecule has 2 aromatic carbocycles. The molecule has 0 heterocycles. The summed E-state index contributed by atoms with van der Waals surface area (Å²) in [6.45, 7) is 12.2. The molecule has 0 saturated heterocycles. The fourth-order valence-electron chi connectivity index (χ4n) is 2.80. The third kappa shape index (κ3) is 5.48. The van der Waals surface area contributed by atoms with E-state index in [0.29, 0.717) is 18.3 Å². The van der Waals surface area contributed by atoms with E-state index in [0.717, 1.165) is 22.4 Å². The molecule has 3 nitrogen and oxygen atoms in total. The highest BCUT2D eigenvalue weighted by Crippen LogP contribution is 2.29. The van der Waals surface area contributed by atoms with E-state index in [-0.39, 0.29) is 5.97 Å². The third-order valence-corrected chi connectivity index (χ3v) is 4.16. The van der Waals surface area contributed by atoms with Crippen LogP contribution >= 0.6 is 0 Å². The lowest BCUT2D eigenvalue weighted by atomic mass is 10.0. The number of carbonyl (C=O) groups excluding carboxylic acids is 1. The molecule has 0 aromatic heterocycles. The van der Waals surface area contributed by atoms with Crippen LogP contribution in [0.1, 0.15) is 55.9 Å². The van der Waals surface area contributed by atoms with E-state index in [1.54, 1.807) is 0 Å². The van der Waals surface area contributed by atoms with E-state index in [2.05, 4.69) is 51.1 Å². The first-order chi connectivity index (χ1) is 12.3. The van der Waals surface area contributed by atoms with Gasteiger partial charge in [0.25, 0.3) is 0 Å². The van der Waals surface area contributed by atoms with Gasteiger partial charge in [0.05, 0.1) is 0 Å². The maximum Gasteiger partial charge on any atom is 0.308 e. The van der Waals surface area contributed by atoms with Crippen molar-refractivity contribution in [2.45, 2.75) is 47.5 Å². The van der Waals surface area contributed by atoms with Crippen molar-refractivity contribution < 1.29 is 14.3 Å². The Labute approximate surface area is 156 Å². The van der Waals surface area contributed by atoms with E-state index in [9.17, 15) is 4.79 Å². The second-order valence-electron chi connectivity index (χ2n) is 7.08. The van der Waals surface area contributed by atoms with Gasteiger partial charge >= 0.3 is 5.97 Å². The van der Waals surface area contributed by atoms with Crippen molar-refractivity contribution in [2.75, 3.05) is 6.61 Å². The third-order valence-electron chi connectivity index (χ3n) is 4.16. The largest absolute Gasteiger partial charge is 0.489 e. The maximum absolute atomic E-state index is 11.2. The number of ether oxygens (including phenoxy) is 2. The van der Waals surface area contributed by atoms with Crippen molar-refractivity contribution >= 4 is 12.0 Å². The molecule has 0 amide bonds. The van der Waals surface area contributed by atoms with Crippen molar-refractivity contribution in [1.82, 2.24) is 0 Å². The number of hydrogen-bond donors (Lipinski definition) is 0. The lowest BCUT2D eigenvalue weighted by Gasteiger charge is -2.13. The van der Waals surface area contributed by atoms with E-state index < -0.39 is 0 Å². The molecule has 2 rings (SSSR count). The van der Waals surface area contributed by atoms with Gasteiger partial charge in [-0.3, -0.25) is 4.79 Å². The molecular formula is C23H28O3. The Balaban J connectivity index is 2.04. The molecule has 2 aromatic rings. The highest BCUT2D eigenvalue weighted by Gasteiger charge is 2.09. The molecule has 0 fully saturated rings. The summed E-state index contributed by atoms with van der Waals surface area (Å²) in [5.74, 6) is 1.62. The standard InChI is InChI=1S/C23H28O3/c1-15(2)21-9-7-20(8-10-21)11-16(3)14-25-22-12-17(4)23(18(5)13-22)26-19(6)24/h7-13,15H,14H2,1-6H3. The maximum atomic E-state index is 11.2. The normalized spacial score (nSPS) is 11.6. The quantitative estimate of drug-likeness (QED) is 0.484. The zero-order chi connectivity index (χ0) is 19.3. The Morgan fingerprint density at radius 2 is 1.62 bits per heavy atom. The number of benzene rings is 2. The fourth-order valence-corrected chi connectivity index (χ4v) is 2.80. The Morgan fingerprint density at radius 3 is 2.12 bits per heavy atom. The summed E-state index contributed by atoms with van der Waals surface area (Å²) in [4.78, 5) is 11.2. The summed E-state index contributed by atoms with van der Waals surface area (Å²) in [6.07, 6.45) is 2.14. The van der Waals surface area contributed by atoms with Crippen LogP contribution in [0.15, 0.2) is 42.0 Å². The van der Waals surface area contributed by atoms with Crippen molar-refractivity contribution in [3.63, 3.8) is 0 Å². The monoisotopic (exact) mass is 352 g/mol. The smallest absolute Gasteiger partial charge is 0.308 e. The van der Waals surface area contributed by atoms with Crippen molar-refractivity contribution in [3.05, 3.63) is 64.2 Å². The highest BCUT2D eigenvalue weighted by atomic mass is 16.5. The molecule has 26 heavy (non-hydrogen) atoms. The van der Waals surface area contributed by atoms with Gasteiger partial charge in [0.1, 0.15) is 18.1 Å². The van der Waals surface area contributed by atoms with Gasteiger partial charge in [0.2, 0.25) is 0 Å². The van der Waals surface area contributed by atoms with E-state index in [4.69, 9.17) is 9.47 Å². The minimum absolute atomic E-state index is 0.313. The van der Waals surface area contributed by atoms with Crippen molar-refractivity contribution in [2.24, 2.45) is 0 Å². The van der Waals surface area contributed by atoms with Gasteiger partial charge in [-0.25, -0.2) is 0 Å². The molecule has 0 aliphatic rings. The van der Waals surface area contributed by atoms with Gasteiger partial charge in [-0.15, -0.1) is 0 Å². The minimum Gasteiger partial charge on any atom is -0.489 e.